The monoisotopic (exact) mass is 467 g/mol. The Bertz CT molecular complexity index is 998. The van der Waals surface area contributed by atoms with Crippen molar-refractivity contribution >= 4 is 35.3 Å². The molecule has 2 aromatic carbocycles. The molecule has 0 saturated carbocycles. The summed E-state index contributed by atoms with van der Waals surface area (Å²) >= 11 is 5.80. The van der Waals surface area contributed by atoms with Crippen molar-refractivity contribution in [1.82, 2.24) is 4.98 Å². The van der Waals surface area contributed by atoms with E-state index in [-0.39, 0.29) is 14.9 Å². The predicted molar refractivity (Wildman–Crippen MR) is 134 cm³/mol. The molecule has 2 nitrogen and oxygen atoms in total. The maximum atomic E-state index is 6.72. The van der Waals surface area contributed by atoms with Crippen LogP contribution in [0.15, 0.2) is 75.5 Å². The third kappa shape index (κ3) is 3.19. The number of rotatable bonds is 2. The molecule has 0 bridgehead atoms. The predicted octanol–water partition coefficient (Wildman–Crippen LogP) is 8.50. The van der Waals surface area contributed by atoms with Crippen LogP contribution in [0.25, 0.3) is 0 Å². The Morgan fingerprint density at radius 2 is 1.32 bits per heavy atom. The normalized spacial score (nSPS) is 22.1. The van der Waals surface area contributed by atoms with Crippen LogP contribution in [0.2, 0.25) is 0 Å². The van der Waals surface area contributed by atoms with E-state index in [0.29, 0.717) is 0 Å². The van der Waals surface area contributed by atoms with Crippen molar-refractivity contribution in [2.75, 3.05) is 0 Å². The first-order valence-electron chi connectivity index (χ1n) is 10.7. The minimum atomic E-state index is -0.491. The van der Waals surface area contributed by atoms with Gasteiger partial charge in [-0.25, -0.2) is 0 Å². The van der Waals surface area contributed by atoms with Gasteiger partial charge in [-0.1, -0.05) is 77.6 Å². The van der Waals surface area contributed by atoms with Crippen molar-refractivity contribution in [1.29, 1.82) is 0 Å². The summed E-state index contributed by atoms with van der Waals surface area (Å²) < 4.78 is 6.62. The number of benzene rings is 2. The van der Waals surface area contributed by atoms with E-state index in [1.807, 2.05) is 35.3 Å². The Morgan fingerprint density at radius 1 is 0.742 bits per heavy atom. The molecule has 5 heteroatoms. The molecule has 0 aliphatic carbocycles. The molecule has 31 heavy (non-hydrogen) atoms. The highest BCUT2D eigenvalue weighted by atomic mass is 32.2. The Labute approximate surface area is 198 Å². The molecule has 2 aliphatic heterocycles. The van der Waals surface area contributed by atoms with Crippen molar-refractivity contribution in [3.8, 4) is 5.75 Å². The smallest absolute Gasteiger partial charge is 0.203 e. The highest BCUT2D eigenvalue weighted by Crippen LogP contribution is 2.69. The van der Waals surface area contributed by atoms with Crippen LogP contribution in [0, 0.1) is 10.8 Å². The molecule has 0 spiro atoms. The first-order valence-corrected chi connectivity index (χ1v) is 13.1. The van der Waals surface area contributed by atoms with Gasteiger partial charge in [0.05, 0.1) is 10.6 Å². The van der Waals surface area contributed by atoms with Gasteiger partial charge in [-0.15, -0.1) is 23.5 Å². The number of ether oxygens (including phenoxy) is 1. The van der Waals surface area contributed by atoms with E-state index >= 15 is 0 Å². The molecule has 1 atom stereocenters. The summed E-state index contributed by atoms with van der Waals surface area (Å²) in [6.07, 6.45) is 2.22. The van der Waals surface area contributed by atoms with Gasteiger partial charge in [0.2, 0.25) is 4.93 Å². The topological polar surface area (TPSA) is 25.0 Å². The molecular formula is C26H29NOS3. The largest absolute Gasteiger partial charge is 0.469 e. The number of nitrogens with one attached hydrogen (secondary N) is 1. The highest BCUT2D eigenvalue weighted by Gasteiger charge is 2.55. The molecule has 1 aromatic heterocycles. The number of hydrogen-bond acceptors (Lipinski definition) is 4. The molecule has 0 fully saturated rings. The summed E-state index contributed by atoms with van der Waals surface area (Å²) in [5.41, 5.74) is 2.41. The Kier molecular flexibility index (Phi) is 4.86. The SMILES string of the molecule is CC(C)(C)C1(c2cc(C3(C(C)(C)C)Sc4ccccc4S3)c[nH]2)Oc2ccccc2S1. The van der Waals surface area contributed by atoms with E-state index in [9.17, 15) is 0 Å². The van der Waals surface area contributed by atoms with Crippen LogP contribution in [0.4, 0.5) is 0 Å². The quantitative estimate of drug-likeness (QED) is 0.408. The second kappa shape index (κ2) is 7.03. The van der Waals surface area contributed by atoms with Crippen LogP contribution in [0.5, 0.6) is 5.75 Å². The van der Waals surface area contributed by atoms with Gasteiger partial charge in [0, 0.05) is 21.4 Å². The summed E-state index contributed by atoms with van der Waals surface area (Å²) in [4.78, 5) is 7.11. The minimum Gasteiger partial charge on any atom is -0.469 e. The Balaban J connectivity index is 1.60. The lowest BCUT2D eigenvalue weighted by molar-refractivity contribution is 0.0528. The van der Waals surface area contributed by atoms with Crippen LogP contribution < -0.4 is 4.74 Å². The van der Waals surface area contributed by atoms with Crippen LogP contribution in [0.3, 0.4) is 0 Å². The molecule has 162 valence electrons. The molecule has 0 saturated heterocycles. The first kappa shape index (κ1) is 21.4. The highest BCUT2D eigenvalue weighted by molar-refractivity contribution is 8.20. The number of hydrogen-bond donors (Lipinski definition) is 1. The van der Waals surface area contributed by atoms with E-state index in [0.717, 1.165) is 11.4 Å². The minimum absolute atomic E-state index is 0.0579. The van der Waals surface area contributed by atoms with E-state index in [1.54, 1.807) is 0 Å². The van der Waals surface area contributed by atoms with Gasteiger partial charge >= 0.3 is 0 Å². The molecule has 3 heterocycles. The fourth-order valence-electron chi connectivity index (χ4n) is 4.35. The molecule has 3 aromatic rings. The van der Waals surface area contributed by atoms with Gasteiger partial charge in [-0.05, 0) is 41.3 Å². The number of H-pyrrole nitrogens is 1. The second-order valence-corrected chi connectivity index (χ2v) is 14.3. The number of aromatic amines is 1. The molecule has 1 N–H and O–H groups in total. The lowest BCUT2D eigenvalue weighted by Crippen LogP contribution is -2.40. The van der Waals surface area contributed by atoms with Crippen LogP contribution in [0.1, 0.15) is 52.8 Å². The van der Waals surface area contributed by atoms with E-state index < -0.39 is 4.93 Å². The molecule has 5 rings (SSSR count). The standard InChI is InChI=1S/C26H29NOS3/c1-23(2,3)25(28-18-11-7-8-12-19(18)29-25)22-15-17(16-27-22)26(24(4,5)6)30-20-13-9-10-14-21(20)31-26/h7-16,27H,1-6H3. The number of para-hydroxylation sites is 1. The molecule has 0 amide bonds. The fourth-order valence-corrected chi connectivity index (χ4v) is 8.97. The van der Waals surface area contributed by atoms with Gasteiger partial charge < -0.3 is 9.72 Å². The van der Waals surface area contributed by atoms with Crippen LogP contribution in [-0.4, -0.2) is 4.98 Å². The average Bonchev–Trinajstić information content (AvgIpc) is 3.41. The first-order chi connectivity index (χ1) is 14.6. The Hall–Kier alpha value is -1.43. The van der Waals surface area contributed by atoms with Gasteiger partial charge in [-0.2, -0.15) is 0 Å². The summed E-state index contributed by atoms with van der Waals surface area (Å²) in [5.74, 6) is 0.973. The number of fused-ring (bicyclic) bond motifs is 2. The van der Waals surface area contributed by atoms with Crippen molar-refractivity contribution in [2.45, 2.75) is 65.2 Å². The Morgan fingerprint density at radius 3 is 1.87 bits per heavy atom. The average molecular weight is 468 g/mol. The maximum absolute atomic E-state index is 6.72. The van der Waals surface area contributed by atoms with Gasteiger partial charge in [0.1, 0.15) is 9.83 Å². The van der Waals surface area contributed by atoms with Crippen molar-refractivity contribution in [3.05, 3.63) is 72.1 Å². The molecular weight excluding hydrogens is 438 g/mol. The summed E-state index contributed by atoms with van der Waals surface area (Å²) in [5, 5.41) is 0. The summed E-state index contributed by atoms with van der Waals surface area (Å²) in [7, 11) is 0. The van der Waals surface area contributed by atoms with Crippen LogP contribution >= 0.6 is 35.3 Å². The lowest BCUT2D eigenvalue weighted by Gasteiger charge is -2.40. The zero-order valence-electron chi connectivity index (χ0n) is 18.9. The van der Waals surface area contributed by atoms with Crippen LogP contribution in [-0.2, 0) is 9.01 Å². The molecule has 2 aliphatic rings. The van der Waals surface area contributed by atoms with Gasteiger partial charge in [0.25, 0.3) is 0 Å². The zero-order valence-corrected chi connectivity index (χ0v) is 21.4. The lowest BCUT2D eigenvalue weighted by atomic mass is 9.84. The third-order valence-electron chi connectivity index (χ3n) is 6.11. The maximum Gasteiger partial charge on any atom is 0.203 e. The summed E-state index contributed by atoms with van der Waals surface area (Å²) in [6.45, 7) is 13.8. The fraction of sp³-hybridized carbons (Fsp3) is 0.385. The van der Waals surface area contributed by atoms with Gasteiger partial charge in [-0.3, -0.25) is 0 Å². The van der Waals surface area contributed by atoms with E-state index in [1.165, 1.54) is 20.2 Å². The van der Waals surface area contributed by atoms with Gasteiger partial charge in [0.15, 0.2) is 0 Å². The summed E-state index contributed by atoms with van der Waals surface area (Å²) in [6, 6.07) is 19.5. The molecule has 1 unspecified atom stereocenters. The molecule has 0 radical (unpaired) electrons. The van der Waals surface area contributed by atoms with Crippen molar-refractivity contribution in [2.24, 2.45) is 10.8 Å². The second-order valence-electron chi connectivity index (χ2n) is 10.3. The van der Waals surface area contributed by atoms with Crippen molar-refractivity contribution < 1.29 is 4.74 Å². The third-order valence-corrected chi connectivity index (χ3v) is 11.9. The van der Waals surface area contributed by atoms with E-state index in [4.69, 9.17) is 4.74 Å². The zero-order chi connectivity index (χ0) is 22.1. The van der Waals surface area contributed by atoms with Crippen molar-refractivity contribution in [3.63, 3.8) is 0 Å². The number of aromatic nitrogens is 1. The number of thioether (sulfide) groups is 3. The van der Waals surface area contributed by atoms with E-state index in [2.05, 4.69) is 107 Å².